The first kappa shape index (κ1) is 21.2. The van der Waals surface area contributed by atoms with Crippen LogP contribution in [0.2, 0.25) is 5.02 Å². The predicted molar refractivity (Wildman–Crippen MR) is 111 cm³/mol. The van der Waals surface area contributed by atoms with E-state index in [9.17, 15) is 9.59 Å². The van der Waals surface area contributed by atoms with Gasteiger partial charge in [-0.05, 0) is 42.1 Å². The van der Waals surface area contributed by atoms with E-state index in [4.69, 9.17) is 33.3 Å². The minimum atomic E-state index is -0.492. The summed E-state index contributed by atoms with van der Waals surface area (Å²) in [4.78, 5) is 23.7. The average molecular weight is 420 g/mol. The molecule has 0 radical (unpaired) electrons. The van der Waals surface area contributed by atoms with Gasteiger partial charge in [0.2, 0.25) is 5.91 Å². The molecule has 0 saturated carbocycles. The Balaban J connectivity index is 1.73. The van der Waals surface area contributed by atoms with E-state index in [-0.39, 0.29) is 11.7 Å². The van der Waals surface area contributed by atoms with Gasteiger partial charge in [0, 0.05) is 11.1 Å². The molecule has 3 N–H and O–H groups in total. The third-order valence-electron chi connectivity index (χ3n) is 3.30. The Morgan fingerprint density at radius 1 is 1.07 bits per heavy atom. The number of hydrogen-bond acceptors (Lipinski definition) is 5. The fourth-order valence-corrected chi connectivity index (χ4v) is 2.35. The number of rotatable bonds is 6. The van der Waals surface area contributed by atoms with Crippen LogP contribution in [0.4, 0.5) is 0 Å². The van der Waals surface area contributed by atoms with E-state index in [2.05, 4.69) is 16.2 Å². The highest BCUT2D eigenvalue weighted by Gasteiger charge is 2.08. The second kappa shape index (κ2) is 10.9. The summed E-state index contributed by atoms with van der Waals surface area (Å²) in [6.07, 6.45) is 2.84. The van der Waals surface area contributed by atoms with E-state index in [0.29, 0.717) is 22.1 Å². The van der Waals surface area contributed by atoms with Crippen molar-refractivity contribution in [1.82, 2.24) is 16.2 Å². The molecule has 0 aliphatic rings. The summed E-state index contributed by atoms with van der Waals surface area (Å²) in [5, 5.41) is 2.85. The van der Waals surface area contributed by atoms with E-state index >= 15 is 0 Å². The Bertz CT molecular complexity index is 889. The van der Waals surface area contributed by atoms with Crippen molar-refractivity contribution < 1.29 is 19.1 Å². The minimum Gasteiger partial charge on any atom is -0.493 e. The molecule has 0 aliphatic heterocycles. The van der Waals surface area contributed by atoms with Crippen LogP contribution >= 0.6 is 23.8 Å². The van der Waals surface area contributed by atoms with E-state index < -0.39 is 11.8 Å². The van der Waals surface area contributed by atoms with Crippen molar-refractivity contribution >= 4 is 46.8 Å². The molecule has 0 fully saturated rings. The minimum absolute atomic E-state index is 0.0700. The molecule has 0 heterocycles. The van der Waals surface area contributed by atoms with E-state index in [1.54, 1.807) is 54.6 Å². The molecular formula is C19H18ClN3O4S. The maximum Gasteiger partial charge on any atom is 0.276 e. The van der Waals surface area contributed by atoms with Gasteiger partial charge in [-0.15, -0.1) is 0 Å². The highest BCUT2D eigenvalue weighted by atomic mass is 35.5. The van der Waals surface area contributed by atoms with Crippen LogP contribution in [-0.4, -0.2) is 30.6 Å². The summed E-state index contributed by atoms with van der Waals surface area (Å²) >= 11 is 10.9. The zero-order valence-corrected chi connectivity index (χ0v) is 16.5. The summed E-state index contributed by atoms with van der Waals surface area (Å²) in [5.74, 6) is -0.0249. The van der Waals surface area contributed by atoms with Gasteiger partial charge in [-0.3, -0.25) is 25.8 Å². The smallest absolute Gasteiger partial charge is 0.276 e. The molecule has 0 spiro atoms. The van der Waals surface area contributed by atoms with Crippen LogP contribution in [0.3, 0.4) is 0 Å². The molecule has 2 aromatic rings. The van der Waals surface area contributed by atoms with Crippen LogP contribution in [0.15, 0.2) is 54.6 Å². The number of hydrazine groups is 1. The lowest BCUT2D eigenvalue weighted by molar-refractivity contribution is -0.123. The maximum atomic E-state index is 11.8. The number of hydrogen-bond donors (Lipinski definition) is 3. The second-order valence-electron chi connectivity index (χ2n) is 5.29. The number of halogens is 1. The van der Waals surface area contributed by atoms with Gasteiger partial charge in [-0.25, -0.2) is 0 Å². The molecule has 2 amide bonds. The number of para-hydroxylation sites is 2. The van der Waals surface area contributed by atoms with Crippen LogP contribution in [0, 0.1) is 0 Å². The third kappa shape index (κ3) is 6.90. The lowest BCUT2D eigenvalue weighted by atomic mass is 10.2. The van der Waals surface area contributed by atoms with Crippen molar-refractivity contribution in [2.45, 2.75) is 0 Å². The van der Waals surface area contributed by atoms with Crippen molar-refractivity contribution in [2.24, 2.45) is 0 Å². The first-order chi connectivity index (χ1) is 13.5. The molecule has 0 aliphatic carbocycles. The molecule has 28 heavy (non-hydrogen) atoms. The first-order valence-corrected chi connectivity index (χ1v) is 8.86. The molecule has 7 nitrogen and oxygen atoms in total. The number of thiocarbonyl (C=S) groups is 1. The highest BCUT2D eigenvalue weighted by molar-refractivity contribution is 7.80. The molecule has 146 valence electrons. The molecule has 2 rings (SSSR count). The van der Waals surface area contributed by atoms with Crippen LogP contribution < -0.4 is 25.6 Å². The number of nitrogens with one attached hydrogen (secondary N) is 3. The maximum absolute atomic E-state index is 11.8. The number of carbonyl (C=O) groups excluding carboxylic acids is 2. The summed E-state index contributed by atoms with van der Waals surface area (Å²) in [5.41, 5.74) is 5.43. The first-order valence-electron chi connectivity index (χ1n) is 8.08. The average Bonchev–Trinajstić information content (AvgIpc) is 2.70. The molecule has 0 bridgehead atoms. The van der Waals surface area contributed by atoms with Gasteiger partial charge >= 0.3 is 0 Å². The Morgan fingerprint density at radius 2 is 1.75 bits per heavy atom. The lowest BCUT2D eigenvalue weighted by Crippen LogP contribution is -2.49. The summed E-state index contributed by atoms with van der Waals surface area (Å²) < 4.78 is 10.5. The Hall–Kier alpha value is -3.10. The van der Waals surface area contributed by atoms with Crippen molar-refractivity contribution in [3.63, 3.8) is 0 Å². The van der Waals surface area contributed by atoms with Gasteiger partial charge in [0.25, 0.3) is 5.91 Å². The fourth-order valence-electron chi connectivity index (χ4n) is 2.00. The summed E-state index contributed by atoms with van der Waals surface area (Å²) in [7, 11) is 1.51. The number of ether oxygens (including phenoxy) is 2. The van der Waals surface area contributed by atoms with Crippen LogP contribution in [-0.2, 0) is 9.59 Å². The van der Waals surface area contributed by atoms with Gasteiger partial charge < -0.3 is 9.47 Å². The lowest BCUT2D eigenvalue weighted by Gasteiger charge is -2.12. The molecule has 0 atom stereocenters. The topological polar surface area (TPSA) is 88.7 Å². The van der Waals surface area contributed by atoms with Crippen LogP contribution in [0.1, 0.15) is 5.56 Å². The largest absolute Gasteiger partial charge is 0.493 e. The number of carbonyl (C=O) groups is 2. The normalized spacial score (nSPS) is 10.2. The van der Waals surface area contributed by atoms with Crippen LogP contribution in [0.25, 0.3) is 6.08 Å². The monoisotopic (exact) mass is 419 g/mol. The Kier molecular flexibility index (Phi) is 8.26. The van der Waals surface area contributed by atoms with Gasteiger partial charge in [0.15, 0.2) is 23.2 Å². The van der Waals surface area contributed by atoms with Crippen molar-refractivity contribution in [2.75, 3.05) is 13.7 Å². The number of methoxy groups -OCH3 is 1. The molecule has 0 unspecified atom stereocenters. The van der Waals surface area contributed by atoms with Crippen molar-refractivity contribution in [1.29, 1.82) is 0 Å². The predicted octanol–water partition coefficient (Wildman–Crippen LogP) is 2.46. The van der Waals surface area contributed by atoms with Crippen molar-refractivity contribution in [3.8, 4) is 11.5 Å². The van der Waals surface area contributed by atoms with Gasteiger partial charge in [0.05, 0.1) is 7.11 Å². The summed E-state index contributed by atoms with van der Waals surface area (Å²) in [6, 6.07) is 14.0. The van der Waals surface area contributed by atoms with Gasteiger partial charge in [-0.2, -0.15) is 0 Å². The standard InChI is InChI=1S/C19H18ClN3O4S/c1-26-15-8-4-5-9-16(15)27-12-18(25)22-23-19(28)21-17(24)11-10-13-6-2-3-7-14(13)20/h2-11H,12H2,1H3,(H,22,25)(H2,21,23,24,28)/b11-10+. The Morgan fingerprint density at radius 3 is 2.46 bits per heavy atom. The molecule has 2 aromatic carbocycles. The Labute approximate surface area is 172 Å². The number of benzene rings is 2. The molecule has 0 aromatic heterocycles. The van der Waals surface area contributed by atoms with Gasteiger partial charge in [-0.1, -0.05) is 41.9 Å². The van der Waals surface area contributed by atoms with E-state index in [0.717, 1.165) is 0 Å². The second-order valence-corrected chi connectivity index (χ2v) is 6.10. The molecule has 0 saturated heterocycles. The zero-order valence-electron chi connectivity index (χ0n) is 14.9. The molecule has 9 heteroatoms. The fraction of sp³-hybridized carbons (Fsp3) is 0.105. The van der Waals surface area contributed by atoms with Crippen LogP contribution in [0.5, 0.6) is 11.5 Å². The SMILES string of the molecule is COc1ccccc1OCC(=O)NNC(=S)NC(=O)/C=C/c1ccccc1Cl. The number of amides is 2. The third-order valence-corrected chi connectivity index (χ3v) is 3.85. The van der Waals surface area contributed by atoms with E-state index in [1.807, 2.05) is 0 Å². The highest BCUT2D eigenvalue weighted by Crippen LogP contribution is 2.25. The van der Waals surface area contributed by atoms with Crippen molar-refractivity contribution in [3.05, 3.63) is 65.2 Å². The van der Waals surface area contributed by atoms with E-state index in [1.165, 1.54) is 13.2 Å². The summed E-state index contributed by atoms with van der Waals surface area (Å²) in [6.45, 7) is -0.268. The quantitative estimate of drug-likeness (QED) is 0.378. The zero-order chi connectivity index (χ0) is 20.4. The van der Waals surface area contributed by atoms with Gasteiger partial charge in [0.1, 0.15) is 0 Å². The molecular weight excluding hydrogens is 402 g/mol.